The minimum atomic E-state index is -1.000. The van der Waals surface area contributed by atoms with Crippen molar-refractivity contribution in [2.24, 2.45) is 0 Å². The third-order valence-corrected chi connectivity index (χ3v) is 5.91. The van der Waals surface area contributed by atoms with E-state index in [-0.39, 0.29) is 11.8 Å². The lowest BCUT2D eigenvalue weighted by molar-refractivity contribution is -0.132. The molecule has 0 aromatic heterocycles. The number of hydrogen-bond acceptors (Lipinski definition) is 3. The van der Waals surface area contributed by atoms with Gasteiger partial charge in [-0.2, -0.15) is 0 Å². The van der Waals surface area contributed by atoms with E-state index in [9.17, 15) is 9.59 Å². The van der Waals surface area contributed by atoms with Crippen LogP contribution in [0.3, 0.4) is 0 Å². The zero-order valence-electron chi connectivity index (χ0n) is 17.8. The molecule has 0 bridgehead atoms. The lowest BCUT2D eigenvalue weighted by Gasteiger charge is -2.44. The minimum Gasteiger partial charge on any atom is -0.497 e. The van der Waals surface area contributed by atoms with Gasteiger partial charge < -0.3 is 15.0 Å². The number of rotatable bonds is 6. The first-order chi connectivity index (χ1) is 15.0. The maximum Gasteiger partial charge on any atom is 0.255 e. The summed E-state index contributed by atoms with van der Waals surface area (Å²) in [5.74, 6) is 0.463. The molecule has 1 heterocycles. The molecule has 0 spiro atoms. The Bertz CT molecular complexity index is 1080. The van der Waals surface area contributed by atoms with Crippen LogP contribution in [0.4, 0.5) is 0 Å². The summed E-state index contributed by atoms with van der Waals surface area (Å²) >= 11 is 0. The number of amides is 2. The third kappa shape index (κ3) is 4.17. The standard InChI is InChI=1S/C26H26N2O3/c1-26(25(30)27-17-19-8-4-3-5-9-19)16-21-10-6-7-11-23(21)24(29)28(26)18-20-12-14-22(31-2)15-13-20/h3-15H,16-18H2,1-2H3,(H,27,30)/t26-/m1/s1. The van der Waals surface area contributed by atoms with Gasteiger partial charge in [0.2, 0.25) is 5.91 Å². The molecule has 1 aliphatic rings. The van der Waals surface area contributed by atoms with Gasteiger partial charge in [0.05, 0.1) is 7.11 Å². The zero-order valence-corrected chi connectivity index (χ0v) is 17.8. The number of hydrogen-bond donors (Lipinski definition) is 1. The summed E-state index contributed by atoms with van der Waals surface area (Å²) in [6.07, 6.45) is 0.464. The van der Waals surface area contributed by atoms with E-state index < -0.39 is 5.54 Å². The van der Waals surface area contributed by atoms with E-state index in [1.165, 1.54) is 0 Å². The van der Waals surface area contributed by atoms with E-state index in [1.807, 2.05) is 85.8 Å². The first-order valence-electron chi connectivity index (χ1n) is 10.4. The summed E-state index contributed by atoms with van der Waals surface area (Å²) in [4.78, 5) is 28.6. The van der Waals surface area contributed by atoms with Crippen LogP contribution in [0.2, 0.25) is 0 Å². The predicted molar refractivity (Wildman–Crippen MR) is 120 cm³/mol. The maximum atomic E-state index is 13.5. The van der Waals surface area contributed by atoms with Crippen molar-refractivity contribution in [3.8, 4) is 5.75 Å². The van der Waals surface area contributed by atoms with Gasteiger partial charge in [0.1, 0.15) is 11.3 Å². The van der Waals surface area contributed by atoms with E-state index in [0.717, 1.165) is 22.4 Å². The highest BCUT2D eigenvalue weighted by Crippen LogP contribution is 2.33. The topological polar surface area (TPSA) is 58.6 Å². The fraction of sp³-hybridized carbons (Fsp3) is 0.231. The lowest BCUT2D eigenvalue weighted by Crippen LogP contribution is -2.62. The smallest absolute Gasteiger partial charge is 0.255 e. The fourth-order valence-electron chi connectivity index (χ4n) is 4.05. The van der Waals surface area contributed by atoms with Crippen LogP contribution in [-0.2, 0) is 24.3 Å². The Hall–Kier alpha value is -3.60. The van der Waals surface area contributed by atoms with E-state index in [0.29, 0.717) is 25.1 Å². The average Bonchev–Trinajstić information content (AvgIpc) is 2.81. The Morgan fingerprint density at radius 1 is 0.968 bits per heavy atom. The molecular formula is C26H26N2O3. The first-order valence-corrected chi connectivity index (χ1v) is 10.4. The average molecular weight is 415 g/mol. The van der Waals surface area contributed by atoms with Crippen molar-refractivity contribution in [2.75, 3.05) is 7.11 Å². The van der Waals surface area contributed by atoms with Gasteiger partial charge in [-0.05, 0) is 41.8 Å². The third-order valence-electron chi connectivity index (χ3n) is 5.91. The normalized spacial score (nSPS) is 17.7. The molecule has 1 atom stereocenters. The second-order valence-electron chi connectivity index (χ2n) is 8.02. The number of nitrogens with zero attached hydrogens (tertiary/aromatic N) is 1. The molecule has 1 aliphatic heterocycles. The molecule has 158 valence electrons. The number of benzene rings is 3. The van der Waals surface area contributed by atoms with Crippen molar-refractivity contribution >= 4 is 11.8 Å². The molecule has 0 saturated carbocycles. The van der Waals surface area contributed by atoms with Crippen molar-refractivity contribution < 1.29 is 14.3 Å². The Balaban J connectivity index is 1.64. The summed E-state index contributed by atoms with van der Waals surface area (Å²) in [5, 5.41) is 3.04. The molecule has 31 heavy (non-hydrogen) atoms. The van der Waals surface area contributed by atoms with Gasteiger partial charge in [0, 0.05) is 25.1 Å². The molecular weight excluding hydrogens is 388 g/mol. The van der Waals surface area contributed by atoms with Crippen LogP contribution in [-0.4, -0.2) is 29.4 Å². The van der Waals surface area contributed by atoms with E-state index in [1.54, 1.807) is 12.0 Å². The largest absolute Gasteiger partial charge is 0.497 e. The van der Waals surface area contributed by atoms with Crippen molar-refractivity contribution in [3.05, 3.63) is 101 Å². The van der Waals surface area contributed by atoms with Gasteiger partial charge in [0.25, 0.3) is 5.91 Å². The van der Waals surface area contributed by atoms with E-state index >= 15 is 0 Å². The second kappa shape index (κ2) is 8.64. The van der Waals surface area contributed by atoms with Gasteiger partial charge >= 0.3 is 0 Å². The van der Waals surface area contributed by atoms with Crippen LogP contribution in [0.1, 0.15) is 34.0 Å². The van der Waals surface area contributed by atoms with Crippen LogP contribution >= 0.6 is 0 Å². The second-order valence-corrected chi connectivity index (χ2v) is 8.02. The molecule has 0 fully saturated rings. The van der Waals surface area contributed by atoms with Crippen molar-refractivity contribution in [1.29, 1.82) is 0 Å². The van der Waals surface area contributed by atoms with Gasteiger partial charge in [-0.15, -0.1) is 0 Å². The lowest BCUT2D eigenvalue weighted by atomic mass is 9.82. The SMILES string of the molecule is COc1ccc(CN2C(=O)c3ccccc3C[C@]2(C)C(=O)NCc2ccccc2)cc1. The first kappa shape index (κ1) is 20.7. The predicted octanol–water partition coefficient (Wildman–Crippen LogP) is 3.97. The number of carbonyl (C=O) groups is 2. The highest BCUT2D eigenvalue weighted by Gasteiger charge is 2.46. The molecule has 3 aromatic rings. The molecule has 0 aliphatic carbocycles. The highest BCUT2D eigenvalue weighted by molar-refractivity contribution is 6.02. The van der Waals surface area contributed by atoms with E-state index in [2.05, 4.69) is 5.32 Å². The number of fused-ring (bicyclic) bond motifs is 1. The molecule has 3 aromatic carbocycles. The van der Waals surface area contributed by atoms with Crippen LogP contribution in [0.5, 0.6) is 5.75 Å². The summed E-state index contributed by atoms with van der Waals surface area (Å²) in [5.41, 5.74) is 2.51. The molecule has 2 amide bonds. The van der Waals surface area contributed by atoms with E-state index in [4.69, 9.17) is 4.74 Å². The van der Waals surface area contributed by atoms with Crippen LogP contribution in [0.15, 0.2) is 78.9 Å². The highest BCUT2D eigenvalue weighted by atomic mass is 16.5. The summed E-state index contributed by atoms with van der Waals surface area (Å²) in [6.45, 7) is 2.61. The Morgan fingerprint density at radius 3 is 2.35 bits per heavy atom. The number of nitrogens with one attached hydrogen (secondary N) is 1. The van der Waals surface area contributed by atoms with Crippen LogP contribution in [0, 0.1) is 0 Å². The molecule has 0 saturated heterocycles. The quantitative estimate of drug-likeness (QED) is 0.664. The number of methoxy groups -OCH3 is 1. The maximum absolute atomic E-state index is 13.5. The Labute approximate surface area is 182 Å². The molecule has 0 unspecified atom stereocenters. The molecule has 4 rings (SSSR count). The molecule has 5 heteroatoms. The summed E-state index contributed by atoms with van der Waals surface area (Å²) < 4.78 is 5.24. The monoisotopic (exact) mass is 414 g/mol. The van der Waals surface area contributed by atoms with Gasteiger partial charge in [-0.3, -0.25) is 9.59 Å². The van der Waals surface area contributed by atoms with Crippen LogP contribution in [0.25, 0.3) is 0 Å². The van der Waals surface area contributed by atoms with Gasteiger partial charge in [-0.25, -0.2) is 0 Å². The summed E-state index contributed by atoms with van der Waals surface area (Å²) in [7, 11) is 1.62. The minimum absolute atomic E-state index is 0.130. The van der Waals surface area contributed by atoms with Gasteiger partial charge in [0.15, 0.2) is 0 Å². The Kier molecular flexibility index (Phi) is 5.76. The fourth-order valence-corrected chi connectivity index (χ4v) is 4.05. The van der Waals surface area contributed by atoms with Crippen molar-refractivity contribution in [2.45, 2.75) is 32.0 Å². The summed E-state index contributed by atoms with van der Waals surface area (Å²) in [6, 6.07) is 24.9. The Morgan fingerprint density at radius 2 is 1.65 bits per heavy atom. The molecule has 5 nitrogen and oxygen atoms in total. The van der Waals surface area contributed by atoms with Crippen molar-refractivity contribution in [3.63, 3.8) is 0 Å². The van der Waals surface area contributed by atoms with Crippen LogP contribution < -0.4 is 10.1 Å². The number of ether oxygens (including phenoxy) is 1. The number of carbonyl (C=O) groups excluding carboxylic acids is 2. The zero-order chi connectivity index (χ0) is 21.8. The molecule has 1 N–H and O–H groups in total. The van der Waals surface area contributed by atoms with Gasteiger partial charge in [-0.1, -0.05) is 60.7 Å². The van der Waals surface area contributed by atoms with Crippen molar-refractivity contribution in [1.82, 2.24) is 10.2 Å². The molecule has 0 radical (unpaired) electrons.